The van der Waals surface area contributed by atoms with E-state index in [1.54, 1.807) is 0 Å². The lowest BCUT2D eigenvalue weighted by atomic mass is 10.0. The molecular weight excluding hydrogens is 274 g/mol. The van der Waals surface area contributed by atoms with Crippen LogP contribution >= 0.6 is 11.8 Å². The Bertz CT molecular complexity index is 610. The fourth-order valence-electron chi connectivity index (χ4n) is 2.05. The van der Waals surface area contributed by atoms with Crippen LogP contribution in [0.4, 0.5) is 0 Å². The smallest absolute Gasteiger partial charge is 0.313 e. The molecule has 0 aliphatic carbocycles. The third-order valence-electron chi connectivity index (χ3n) is 3.00. The summed E-state index contributed by atoms with van der Waals surface area (Å²) >= 11 is 1.20. The molecule has 0 saturated carbocycles. The zero-order valence-corrected chi connectivity index (χ0v) is 12.4. The largest absolute Gasteiger partial charge is 0.481 e. The highest BCUT2D eigenvalue weighted by molar-refractivity contribution is 7.99. The lowest BCUT2D eigenvalue weighted by Crippen LogP contribution is -2.04. The summed E-state index contributed by atoms with van der Waals surface area (Å²) < 4.78 is 1.96. The van der Waals surface area contributed by atoms with Crippen molar-refractivity contribution in [1.82, 2.24) is 14.8 Å². The van der Waals surface area contributed by atoms with Crippen molar-refractivity contribution in [3.05, 3.63) is 29.8 Å². The van der Waals surface area contributed by atoms with Gasteiger partial charge in [-0.1, -0.05) is 43.0 Å². The quantitative estimate of drug-likeness (QED) is 0.829. The lowest BCUT2D eigenvalue weighted by molar-refractivity contribution is -0.133. The van der Waals surface area contributed by atoms with Gasteiger partial charge in [0.25, 0.3) is 0 Å². The number of thioether (sulfide) groups is 1. The Labute approximate surface area is 122 Å². The van der Waals surface area contributed by atoms with Gasteiger partial charge in [-0.05, 0) is 18.9 Å². The average Bonchev–Trinajstić information content (AvgIpc) is 2.87. The molecule has 1 aromatic heterocycles. The summed E-state index contributed by atoms with van der Waals surface area (Å²) in [6.07, 6.45) is 0.921. The maximum Gasteiger partial charge on any atom is 0.313 e. The van der Waals surface area contributed by atoms with Crippen LogP contribution in [0.3, 0.4) is 0 Å². The van der Waals surface area contributed by atoms with Crippen molar-refractivity contribution in [2.24, 2.45) is 0 Å². The van der Waals surface area contributed by atoms with E-state index in [4.69, 9.17) is 5.11 Å². The van der Waals surface area contributed by atoms with E-state index in [9.17, 15) is 4.79 Å². The summed E-state index contributed by atoms with van der Waals surface area (Å²) in [6, 6.07) is 8.09. The van der Waals surface area contributed by atoms with Crippen molar-refractivity contribution in [3.63, 3.8) is 0 Å². The van der Waals surface area contributed by atoms with Crippen LogP contribution in [0.2, 0.25) is 0 Å². The highest BCUT2D eigenvalue weighted by atomic mass is 32.2. The van der Waals surface area contributed by atoms with Gasteiger partial charge in [0.05, 0.1) is 5.75 Å². The van der Waals surface area contributed by atoms with E-state index >= 15 is 0 Å². The Kier molecular flexibility index (Phi) is 4.79. The number of nitrogens with zero attached hydrogens (tertiary/aromatic N) is 3. The molecule has 0 bridgehead atoms. The Morgan fingerprint density at radius 2 is 2.05 bits per heavy atom. The Morgan fingerprint density at radius 3 is 2.70 bits per heavy atom. The summed E-state index contributed by atoms with van der Waals surface area (Å²) in [7, 11) is 0. The molecule has 2 rings (SSSR count). The number of carboxylic acids is 1. The topological polar surface area (TPSA) is 68.0 Å². The van der Waals surface area contributed by atoms with Crippen LogP contribution in [-0.2, 0) is 17.8 Å². The molecule has 0 amide bonds. The molecule has 6 heteroatoms. The monoisotopic (exact) mass is 291 g/mol. The lowest BCUT2D eigenvalue weighted by Gasteiger charge is -2.09. The third-order valence-corrected chi connectivity index (χ3v) is 3.95. The fraction of sp³-hybridized carbons (Fsp3) is 0.357. The summed E-state index contributed by atoms with van der Waals surface area (Å²) in [6.45, 7) is 4.82. The second kappa shape index (κ2) is 6.56. The predicted molar refractivity (Wildman–Crippen MR) is 78.9 cm³/mol. The molecule has 1 heterocycles. The second-order valence-electron chi connectivity index (χ2n) is 4.24. The molecule has 0 atom stereocenters. The number of carboxylic acid groups (broad SMARTS) is 1. The van der Waals surface area contributed by atoms with Gasteiger partial charge in [-0.2, -0.15) is 0 Å². The number of carbonyl (C=O) groups is 1. The van der Waals surface area contributed by atoms with E-state index in [1.165, 1.54) is 17.3 Å². The molecule has 1 aromatic carbocycles. The molecule has 0 fully saturated rings. The molecule has 0 spiro atoms. The highest BCUT2D eigenvalue weighted by Crippen LogP contribution is 2.26. The van der Waals surface area contributed by atoms with Crippen molar-refractivity contribution < 1.29 is 9.90 Å². The molecule has 2 aromatic rings. The number of hydrogen-bond acceptors (Lipinski definition) is 4. The summed E-state index contributed by atoms with van der Waals surface area (Å²) in [4.78, 5) is 10.7. The van der Waals surface area contributed by atoms with Crippen LogP contribution < -0.4 is 0 Å². The molecule has 0 radical (unpaired) electrons. The Hall–Kier alpha value is -1.82. The van der Waals surface area contributed by atoms with Crippen LogP contribution in [0.15, 0.2) is 29.4 Å². The van der Waals surface area contributed by atoms with Gasteiger partial charge in [-0.15, -0.1) is 10.2 Å². The van der Waals surface area contributed by atoms with Crippen LogP contribution in [0.25, 0.3) is 11.4 Å². The highest BCUT2D eigenvalue weighted by Gasteiger charge is 2.15. The van der Waals surface area contributed by atoms with E-state index < -0.39 is 5.97 Å². The standard InChI is InChI=1S/C14H17N3O2S/c1-3-10-7-5-6-8-11(10)13-15-16-14(17(13)4-2)20-9-12(18)19/h5-8H,3-4,9H2,1-2H3,(H,18,19). The molecule has 5 nitrogen and oxygen atoms in total. The van der Waals surface area contributed by atoms with E-state index in [0.29, 0.717) is 11.7 Å². The van der Waals surface area contributed by atoms with Crippen molar-refractivity contribution in [2.75, 3.05) is 5.75 Å². The van der Waals surface area contributed by atoms with Gasteiger partial charge in [-0.3, -0.25) is 4.79 Å². The minimum absolute atomic E-state index is 0.00639. The zero-order chi connectivity index (χ0) is 14.5. The van der Waals surface area contributed by atoms with E-state index in [1.807, 2.05) is 29.7 Å². The molecule has 20 heavy (non-hydrogen) atoms. The maximum atomic E-state index is 10.7. The number of rotatable bonds is 6. The van der Waals surface area contributed by atoms with Crippen molar-refractivity contribution >= 4 is 17.7 Å². The van der Waals surface area contributed by atoms with E-state index in [0.717, 1.165) is 17.8 Å². The zero-order valence-electron chi connectivity index (χ0n) is 11.5. The normalized spacial score (nSPS) is 10.7. The molecule has 0 aliphatic heterocycles. The SMILES string of the molecule is CCc1ccccc1-c1nnc(SCC(=O)O)n1CC. The molecule has 0 unspecified atom stereocenters. The van der Waals surface area contributed by atoms with E-state index in [2.05, 4.69) is 23.2 Å². The molecule has 0 saturated heterocycles. The van der Waals surface area contributed by atoms with Gasteiger partial charge in [0.15, 0.2) is 11.0 Å². The number of aromatic nitrogens is 3. The first-order valence-corrected chi connectivity index (χ1v) is 7.52. The molecule has 1 N–H and O–H groups in total. The minimum atomic E-state index is -0.851. The molecule has 0 aliphatic rings. The molecule has 106 valence electrons. The van der Waals surface area contributed by atoms with Gasteiger partial charge in [0.1, 0.15) is 0 Å². The van der Waals surface area contributed by atoms with Gasteiger partial charge >= 0.3 is 5.97 Å². The summed E-state index contributed by atoms with van der Waals surface area (Å²) in [5, 5.41) is 17.8. The van der Waals surface area contributed by atoms with Gasteiger partial charge in [0, 0.05) is 12.1 Å². The van der Waals surface area contributed by atoms with Gasteiger partial charge in [-0.25, -0.2) is 0 Å². The van der Waals surface area contributed by atoms with Gasteiger partial charge in [0.2, 0.25) is 0 Å². The van der Waals surface area contributed by atoms with Crippen LogP contribution in [0, 0.1) is 0 Å². The van der Waals surface area contributed by atoms with Crippen LogP contribution in [-0.4, -0.2) is 31.6 Å². The van der Waals surface area contributed by atoms with Crippen molar-refractivity contribution in [2.45, 2.75) is 32.0 Å². The summed E-state index contributed by atoms with van der Waals surface area (Å²) in [5.74, 6) is -0.0536. The number of aliphatic carboxylic acids is 1. The van der Waals surface area contributed by atoms with Gasteiger partial charge < -0.3 is 9.67 Å². The Morgan fingerprint density at radius 1 is 1.30 bits per heavy atom. The molecular formula is C14H17N3O2S. The maximum absolute atomic E-state index is 10.7. The number of hydrogen-bond donors (Lipinski definition) is 1. The average molecular weight is 291 g/mol. The van der Waals surface area contributed by atoms with Crippen molar-refractivity contribution in [1.29, 1.82) is 0 Å². The second-order valence-corrected chi connectivity index (χ2v) is 5.19. The number of benzene rings is 1. The van der Waals surface area contributed by atoms with Crippen molar-refractivity contribution in [3.8, 4) is 11.4 Å². The first-order chi connectivity index (χ1) is 9.67. The first-order valence-electron chi connectivity index (χ1n) is 6.53. The minimum Gasteiger partial charge on any atom is -0.481 e. The van der Waals surface area contributed by atoms with Crippen LogP contribution in [0.5, 0.6) is 0 Å². The van der Waals surface area contributed by atoms with Crippen LogP contribution in [0.1, 0.15) is 19.4 Å². The van der Waals surface area contributed by atoms with E-state index in [-0.39, 0.29) is 5.75 Å². The fourth-order valence-corrected chi connectivity index (χ4v) is 2.78. The predicted octanol–water partition coefficient (Wildman–Crippen LogP) is 2.70. The third kappa shape index (κ3) is 3.01. The summed E-state index contributed by atoms with van der Waals surface area (Å²) in [5.41, 5.74) is 2.27. The Balaban J connectivity index is 2.39. The first kappa shape index (κ1) is 14.6. The number of aryl methyl sites for hydroxylation is 1.